The highest BCUT2D eigenvalue weighted by Gasteiger charge is 2.24. The van der Waals surface area contributed by atoms with Crippen molar-refractivity contribution >= 4 is 17.5 Å². The number of hydrogen-bond acceptors (Lipinski definition) is 4. The lowest BCUT2D eigenvalue weighted by Gasteiger charge is -2.36. The van der Waals surface area contributed by atoms with E-state index in [2.05, 4.69) is 5.32 Å². The number of para-hydroxylation sites is 1. The molecule has 0 aliphatic carbocycles. The standard InChI is InChI=1S/C22H26FN3O3/c1-29-15-5-10-24-21(27)17-6-4-7-18(16-17)22(28)26-13-11-25(12-14-26)20-9-3-2-8-19(20)23/h2-4,6-9,16H,5,10-15H2,1H3,(H,24,27). The number of nitrogens with zero attached hydrogens (tertiary/aromatic N) is 2. The van der Waals surface area contributed by atoms with Crippen molar-refractivity contribution < 1.29 is 18.7 Å². The number of carbonyl (C=O) groups excluding carboxylic acids is 2. The number of piperazine rings is 1. The minimum Gasteiger partial charge on any atom is -0.385 e. The van der Waals surface area contributed by atoms with Crippen molar-refractivity contribution in [2.45, 2.75) is 6.42 Å². The van der Waals surface area contributed by atoms with Crippen LogP contribution in [0.1, 0.15) is 27.1 Å². The minimum atomic E-state index is -0.253. The summed E-state index contributed by atoms with van der Waals surface area (Å²) in [4.78, 5) is 28.8. The average Bonchev–Trinajstić information content (AvgIpc) is 2.77. The maximum Gasteiger partial charge on any atom is 0.253 e. The van der Waals surface area contributed by atoms with Gasteiger partial charge in [-0.15, -0.1) is 0 Å². The van der Waals surface area contributed by atoms with Crippen LogP contribution in [0.15, 0.2) is 48.5 Å². The van der Waals surface area contributed by atoms with Crippen molar-refractivity contribution in [3.8, 4) is 0 Å². The zero-order valence-corrected chi connectivity index (χ0v) is 16.6. The summed E-state index contributed by atoms with van der Waals surface area (Å²) in [5.41, 5.74) is 1.50. The predicted octanol–water partition coefficient (Wildman–Crippen LogP) is 2.55. The van der Waals surface area contributed by atoms with Gasteiger partial charge in [-0.25, -0.2) is 4.39 Å². The van der Waals surface area contributed by atoms with Crippen LogP contribution in [0.3, 0.4) is 0 Å². The first-order valence-corrected chi connectivity index (χ1v) is 9.76. The Morgan fingerprint density at radius 1 is 1.03 bits per heavy atom. The smallest absolute Gasteiger partial charge is 0.253 e. The highest BCUT2D eigenvalue weighted by atomic mass is 19.1. The first-order chi connectivity index (χ1) is 14.1. The minimum absolute atomic E-state index is 0.118. The zero-order valence-electron chi connectivity index (χ0n) is 16.6. The molecule has 154 valence electrons. The number of hydrogen-bond donors (Lipinski definition) is 1. The van der Waals surface area contributed by atoms with Gasteiger partial charge in [0, 0.05) is 57.6 Å². The Morgan fingerprint density at radius 3 is 2.48 bits per heavy atom. The molecule has 1 heterocycles. The number of nitrogens with one attached hydrogen (secondary N) is 1. The van der Waals surface area contributed by atoms with E-state index in [1.807, 2.05) is 11.0 Å². The van der Waals surface area contributed by atoms with Crippen molar-refractivity contribution in [3.05, 3.63) is 65.5 Å². The Kier molecular flexibility index (Phi) is 7.19. The third kappa shape index (κ3) is 5.32. The fourth-order valence-electron chi connectivity index (χ4n) is 3.36. The lowest BCUT2D eigenvalue weighted by atomic mass is 10.1. The largest absolute Gasteiger partial charge is 0.385 e. The molecule has 2 aromatic rings. The van der Waals surface area contributed by atoms with E-state index in [9.17, 15) is 14.0 Å². The van der Waals surface area contributed by atoms with Gasteiger partial charge in [0.25, 0.3) is 11.8 Å². The number of halogens is 1. The van der Waals surface area contributed by atoms with E-state index in [4.69, 9.17) is 4.74 Å². The van der Waals surface area contributed by atoms with Gasteiger partial charge in [-0.1, -0.05) is 18.2 Å². The molecule has 0 saturated carbocycles. The molecule has 0 aromatic heterocycles. The lowest BCUT2D eigenvalue weighted by molar-refractivity contribution is 0.0746. The van der Waals surface area contributed by atoms with Gasteiger partial charge in [0.05, 0.1) is 5.69 Å². The Bertz CT molecular complexity index is 851. The van der Waals surface area contributed by atoms with Crippen molar-refractivity contribution in [1.29, 1.82) is 0 Å². The number of ether oxygens (including phenoxy) is 1. The van der Waals surface area contributed by atoms with Crippen molar-refractivity contribution in [3.63, 3.8) is 0 Å². The summed E-state index contributed by atoms with van der Waals surface area (Å²) in [5, 5.41) is 2.82. The monoisotopic (exact) mass is 399 g/mol. The Morgan fingerprint density at radius 2 is 1.76 bits per heavy atom. The van der Waals surface area contributed by atoms with Gasteiger partial charge in [-0.3, -0.25) is 9.59 Å². The number of methoxy groups -OCH3 is 1. The molecule has 1 N–H and O–H groups in total. The van der Waals surface area contributed by atoms with Gasteiger partial charge in [-0.2, -0.15) is 0 Å². The van der Waals surface area contributed by atoms with Crippen LogP contribution >= 0.6 is 0 Å². The third-order valence-corrected chi connectivity index (χ3v) is 4.94. The predicted molar refractivity (Wildman–Crippen MR) is 110 cm³/mol. The first kappa shape index (κ1) is 20.8. The number of rotatable bonds is 7. The summed E-state index contributed by atoms with van der Waals surface area (Å²) in [6.07, 6.45) is 0.729. The van der Waals surface area contributed by atoms with Crippen LogP contribution in [0.2, 0.25) is 0 Å². The van der Waals surface area contributed by atoms with Gasteiger partial charge in [0.1, 0.15) is 5.82 Å². The summed E-state index contributed by atoms with van der Waals surface area (Å²) in [5.74, 6) is -0.580. The zero-order chi connectivity index (χ0) is 20.6. The molecule has 2 aromatic carbocycles. The molecule has 7 heteroatoms. The van der Waals surface area contributed by atoms with Gasteiger partial charge < -0.3 is 19.9 Å². The van der Waals surface area contributed by atoms with Crippen LogP contribution in [0.25, 0.3) is 0 Å². The van der Waals surface area contributed by atoms with Gasteiger partial charge >= 0.3 is 0 Å². The highest BCUT2D eigenvalue weighted by Crippen LogP contribution is 2.21. The molecule has 0 unspecified atom stereocenters. The molecule has 6 nitrogen and oxygen atoms in total. The Labute approximate surface area is 170 Å². The summed E-state index contributed by atoms with van der Waals surface area (Å²) >= 11 is 0. The molecule has 1 aliphatic rings. The fourth-order valence-corrected chi connectivity index (χ4v) is 3.36. The molecule has 29 heavy (non-hydrogen) atoms. The molecule has 0 bridgehead atoms. The van der Waals surface area contributed by atoms with Crippen LogP contribution in [-0.4, -0.2) is 63.2 Å². The van der Waals surface area contributed by atoms with E-state index >= 15 is 0 Å². The van der Waals surface area contributed by atoms with Crippen molar-refractivity contribution in [1.82, 2.24) is 10.2 Å². The second-order valence-electron chi connectivity index (χ2n) is 6.91. The quantitative estimate of drug-likeness (QED) is 0.727. The summed E-state index contributed by atoms with van der Waals surface area (Å²) < 4.78 is 18.9. The van der Waals surface area contributed by atoms with E-state index in [-0.39, 0.29) is 17.6 Å². The lowest BCUT2D eigenvalue weighted by Crippen LogP contribution is -2.49. The van der Waals surface area contributed by atoms with Gasteiger partial charge in [0.2, 0.25) is 0 Å². The molecule has 0 spiro atoms. The summed E-state index contributed by atoms with van der Waals surface area (Å²) in [7, 11) is 1.62. The average molecular weight is 399 g/mol. The molecule has 2 amide bonds. The molecular formula is C22H26FN3O3. The van der Waals surface area contributed by atoms with E-state index in [1.54, 1.807) is 48.4 Å². The number of amides is 2. The Balaban J connectivity index is 1.58. The molecule has 1 saturated heterocycles. The molecular weight excluding hydrogens is 373 g/mol. The first-order valence-electron chi connectivity index (χ1n) is 9.76. The SMILES string of the molecule is COCCCNC(=O)c1cccc(C(=O)N2CCN(c3ccccc3F)CC2)c1. The molecule has 3 rings (SSSR count). The van der Waals surface area contributed by atoms with Crippen LogP contribution in [0, 0.1) is 5.82 Å². The van der Waals surface area contributed by atoms with Crippen LogP contribution < -0.4 is 10.2 Å². The number of benzene rings is 2. The maximum atomic E-state index is 14.0. The highest BCUT2D eigenvalue weighted by molar-refractivity contribution is 5.99. The Hall–Kier alpha value is -2.93. The second kappa shape index (κ2) is 10.0. The van der Waals surface area contributed by atoms with E-state index < -0.39 is 0 Å². The van der Waals surface area contributed by atoms with E-state index in [0.717, 1.165) is 6.42 Å². The molecule has 1 fully saturated rings. The molecule has 0 radical (unpaired) electrons. The fraction of sp³-hybridized carbons (Fsp3) is 0.364. The normalized spacial score (nSPS) is 14.0. The topological polar surface area (TPSA) is 61.9 Å². The number of anilines is 1. The van der Waals surface area contributed by atoms with E-state index in [0.29, 0.717) is 56.1 Å². The van der Waals surface area contributed by atoms with Crippen LogP contribution in [0.4, 0.5) is 10.1 Å². The summed E-state index contributed by atoms with van der Waals surface area (Å²) in [6.45, 7) is 3.22. The maximum absolute atomic E-state index is 14.0. The van der Waals surface area contributed by atoms with Crippen LogP contribution in [-0.2, 0) is 4.74 Å². The van der Waals surface area contributed by atoms with Crippen molar-refractivity contribution in [2.75, 3.05) is 51.3 Å². The van der Waals surface area contributed by atoms with Crippen LogP contribution in [0.5, 0.6) is 0 Å². The third-order valence-electron chi connectivity index (χ3n) is 4.94. The van der Waals surface area contributed by atoms with E-state index in [1.165, 1.54) is 6.07 Å². The van der Waals surface area contributed by atoms with Gasteiger partial charge in [-0.05, 0) is 36.8 Å². The van der Waals surface area contributed by atoms with Gasteiger partial charge in [0.15, 0.2) is 0 Å². The van der Waals surface area contributed by atoms with Crippen molar-refractivity contribution in [2.24, 2.45) is 0 Å². The number of carbonyl (C=O) groups is 2. The second-order valence-corrected chi connectivity index (χ2v) is 6.91. The molecule has 0 atom stereocenters. The molecule has 1 aliphatic heterocycles. The summed E-state index contributed by atoms with van der Waals surface area (Å²) in [6, 6.07) is 13.4.